The van der Waals surface area contributed by atoms with E-state index in [4.69, 9.17) is 33.2 Å². The normalized spacial score (nSPS) is 22.6. The van der Waals surface area contributed by atoms with Crippen LogP contribution in [0.1, 0.15) is 33.6 Å². The Labute approximate surface area is 255 Å². The van der Waals surface area contributed by atoms with Gasteiger partial charge >= 0.3 is 11.9 Å². The highest BCUT2D eigenvalue weighted by Crippen LogP contribution is 2.37. The summed E-state index contributed by atoms with van der Waals surface area (Å²) in [4.78, 5) is 22.3. The molecule has 2 aliphatic rings. The first kappa shape index (κ1) is 34.8. The topological polar surface area (TPSA) is 119 Å². The van der Waals surface area contributed by atoms with E-state index < -0.39 is 8.32 Å². The van der Waals surface area contributed by atoms with Crippen LogP contribution in [0, 0.1) is 0 Å². The Balaban J connectivity index is 0.000000326. The van der Waals surface area contributed by atoms with E-state index in [0.29, 0.717) is 33.0 Å². The summed E-state index contributed by atoms with van der Waals surface area (Å²) in [7, 11) is 0.125. The van der Waals surface area contributed by atoms with Crippen molar-refractivity contribution < 1.29 is 47.5 Å². The second-order valence-electron chi connectivity index (χ2n) is 11.5. The predicted octanol–water partition coefficient (Wildman–Crippen LogP) is 2.24. The highest BCUT2D eigenvalue weighted by Gasteiger charge is 2.50. The fraction of sp³-hybridized carbons (Fsp3) is 0.562. The lowest BCUT2D eigenvalue weighted by Gasteiger charge is -2.44. The van der Waals surface area contributed by atoms with Gasteiger partial charge in [-0.2, -0.15) is 0 Å². The zero-order valence-electron chi connectivity index (χ0n) is 25.9. The van der Waals surface area contributed by atoms with E-state index >= 15 is 0 Å². The van der Waals surface area contributed by atoms with E-state index in [0.717, 1.165) is 0 Å². The first-order valence-corrected chi connectivity index (χ1v) is 16.5. The standard InChI is InChI=1S/C24H32O5Si.C8H14O5/c1-24(2,3)30(21-11-7-5-8-12-21,22-13-9-6-10-14-22)29-18-20-17-27-19(16-28-20)15-23(25)26-4;1-11-8(10)2-6-4-13-7(3-9)5-12-6/h5-14,19-20H,15-18H2,1-4H3;6-7,9H,2-5H2,1H3/t19-,20?;6-,7?/m00/s1. The Hall–Kier alpha value is -2.64. The molecule has 11 heteroatoms. The van der Waals surface area contributed by atoms with Crippen molar-refractivity contribution in [1.82, 2.24) is 0 Å². The molecule has 2 fully saturated rings. The summed E-state index contributed by atoms with van der Waals surface area (Å²) in [6, 6.07) is 21.1. The average molecular weight is 619 g/mol. The van der Waals surface area contributed by atoms with Crippen LogP contribution in [0.4, 0.5) is 0 Å². The van der Waals surface area contributed by atoms with Gasteiger partial charge in [-0.1, -0.05) is 81.4 Å². The van der Waals surface area contributed by atoms with Crippen molar-refractivity contribution in [3.63, 3.8) is 0 Å². The van der Waals surface area contributed by atoms with Crippen molar-refractivity contribution in [2.45, 2.75) is 63.1 Å². The molecule has 0 saturated carbocycles. The third-order valence-corrected chi connectivity index (χ3v) is 12.4. The number of aliphatic hydroxyl groups excluding tert-OH is 1. The third kappa shape index (κ3) is 9.93. The van der Waals surface area contributed by atoms with Gasteiger partial charge in [0.25, 0.3) is 8.32 Å². The van der Waals surface area contributed by atoms with E-state index in [-0.39, 0.29) is 60.8 Å². The van der Waals surface area contributed by atoms with Gasteiger partial charge in [0.1, 0.15) is 12.2 Å². The van der Waals surface area contributed by atoms with Crippen molar-refractivity contribution in [1.29, 1.82) is 0 Å². The van der Waals surface area contributed by atoms with E-state index in [1.54, 1.807) is 0 Å². The quantitative estimate of drug-likeness (QED) is 0.314. The summed E-state index contributed by atoms with van der Waals surface area (Å²) in [6.07, 6.45) is -0.515. The summed E-state index contributed by atoms with van der Waals surface area (Å²) >= 11 is 0. The smallest absolute Gasteiger partial charge is 0.308 e. The largest absolute Gasteiger partial charge is 0.469 e. The average Bonchev–Trinajstić information content (AvgIpc) is 3.03. The number of hydrogen-bond acceptors (Lipinski definition) is 10. The highest BCUT2D eigenvalue weighted by molar-refractivity contribution is 6.99. The van der Waals surface area contributed by atoms with Crippen LogP contribution in [0.25, 0.3) is 0 Å². The van der Waals surface area contributed by atoms with Gasteiger partial charge in [0.15, 0.2) is 0 Å². The second kappa shape index (κ2) is 17.0. The number of benzene rings is 2. The van der Waals surface area contributed by atoms with E-state index in [1.165, 1.54) is 24.6 Å². The van der Waals surface area contributed by atoms with Crippen LogP contribution < -0.4 is 10.4 Å². The molecule has 238 valence electrons. The van der Waals surface area contributed by atoms with Crippen LogP contribution in [0.15, 0.2) is 60.7 Å². The molecular formula is C32H46O10Si. The van der Waals surface area contributed by atoms with Crippen molar-refractivity contribution in [3.8, 4) is 0 Å². The molecule has 4 rings (SSSR count). The molecule has 2 aromatic carbocycles. The third-order valence-electron chi connectivity index (χ3n) is 7.42. The van der Waals surface area contributed by atoms with Crippen molar-refractivity contribution >= 4 is 30.6 Å². The number of methoxy groups -OCH3 is 2. The van der Waals surface area contributed by atoms with Gasteiger partial charge in [0.05, 0.1) is 78.9 Å². The summed E-state index contributed by atoms with van der Waals surface area (Å²) in [5.41, 5.74) is 0. The molecule has 10 nitrogen and oxygen atoms in total. The minimum Gasteiger partial charge on any atom is -0.469 e. The Morgan fingerprint density at radius 2 is 1.12 bits per heavy atom. The Kier molecular flexibility index (Phi) is 13.8. The van der Waals surface area contributed by atoms with Crippen molar-refractivity contribution in [2.24, 2.45) is 0 Å². The maximum Gasteiger partial charge on any atom is 0.308 e. The van der Waals surface area contributed by atoms with Crippen LogP contribution in [0.3, 0.4) is 0 Å². The first-order chi connectivity index (χ1) is 20.6. The van der Waals surface area contributed by atoms with Gasteiger partial charge in [0.2, 0.25) is 0 Å². The fourth-order valence-corrected chi connectivity index (χ4v) is 9.71. The molecule has 1 N–H and O–H groups in total. The van der Waals surface area contributed by atoms with E-state index in [2.05, 4.69) is 74.0 Å². The molecule has 2 aliphatic heterocycles. The number of rotatable bonds is 10. The lowest BCUT2D eigenvalue weighted by Crippen LogP contribution is -2.67. The van der Waals surface area contributed by atoms with Crippen molar-refractivity contribution in [3.05, 3.63) is 60.7 Å². The number of carbonyl (C=O) groups excluding carboxylic acids is 2. The molecule has 43 heavy (non-hydrogen) atoms. The molecule has 2 saturated heterocycles. The number of esters is 2. The molecule has 0 aliphatic carbocycles. The molecule has 4 atom stereocenters. The zero-order valence-corrected chi connectivity index (χ0v) is 26.9. The SMILES string of the molecule is COC(=O)C[C@H]1COC(CO)CO1.COC(=O)C[C@H]1COC(CO[Si](c2ccccc2)(c2ccccc2)C(C)(C)C)CO1. The minimum absolute atomic E-state index is 0.0507. The zero-order chi connectivity index (χ0) is 31.3. The molecule has 0 bridgehead atoms. The molecule has 2 heterocycles. The van der Waals surface area contributed by atoms with E-state index in [9.17, 15) is 9.59 Å². The molecule has 0 aromatic heterocycles. The van der Waals surface area contributed by atoms with Crippen LogP contribution in [0.2, 0.25) is 5.04 Å². The van der Waals surface area contributed by atoms with Crippen molar-refractivity contribution in [2.75, 3.05) is 53.9 Å². The Bertz CT molecular complexity index is 1050. The summed E-state index contributed by atoms with van der Waals surface area (Å²) in [5.74, 6) is -0.596. The number of aliphatic hydroxyl groups is 1. The van der Waals surface area contributed by atoms with Gasteiger partial charge in [-0.25, -0.2) is 0 Å². The lowest BCUT2D eigenvalue weighted by atomic mass is 10.2. The van der Waals surface area contributed by atoms with Crippen LogP contribution in [-0.2, 0) is 42.4 Å². The molecule has 0 radical (unpaired) electrons. The van der Waals surface area contributed by atoms with Gasteiger partial charge in [0, 0.05) is 0 Å². The summed E-state index contributed by atoms with van der Waals surface area (Å²) < 4.78 is 38.4. The Morgan fingerprint density at radius 1 is 0.721 bits per heavy atom. The summed E-state index contributed by atoms with van der Waals surface area (Å²) in [5, 5.41) is 11.1. The Morgan fingerprint density at radius 3 is 1.47 bits per heavy atom. The van der Waals surface area contributed by atoms with Crippen LogP contribution in [0.5, 0.6) is 0 Å². The lowest BCUT2D eigenvalue weighted by molar-refractivity contribution is -0.163. The van der Waals surface area contributed by atoms with Gasteiger partial charge in [-0.05, 0) is 15.4 Å². The monoisotopic (exact) mass is 618 g/mol. The van der Waals surface area contributed by atoms with E-state index in [1.807, 2.05) is 12.1 Å². The number of carbonyl (C=O) groups is 2. The minimum atomic E-state index is -2.59. The highest BCUT2D eigenvalue weighted by atomic mass is 28.4. The van der Waals surface area contributed by atoms with Crippen LogP contribution in [-0.4, -0.2) is 104 Å². The predicted molar refractivity (Wildman–Crippen MR) is 163 cm³/mol. The maximum absolute atomic E-state index is 11.5. The molecule has 0 spiro atoms. The van der Waals surface area contributed by atoms with Gasteiger partial charge in [-0.15, -0.1) is 0 Å². The van der Waals surface area contributed by atoms with Gasteiger partial charge < -0.3 is 38.0 Å². The molecular weight excluding hydrogens is 572 g/mol. The summed E-state index contributed by atoms with van der Waals surface area (Å²) in [6.45, 7) is 8.59. The molecule has 2 unspecified atom stereocenters. The van der Waals surface area contributed by atoms with Gasteiger partial charge in [-0.3, -0.25) is 9.59 Å². The maximum atomic E-state index is 11.5. The molecule has 0 amide bonds. The second-order valence-corrected chi connectivity index (χ2v) is 15.8. The molecule has 2 aromatic rings. The first-order valence-electron chi connectivity index (χ1n) is 14.6. The fourth-order valence-electron chi connectivity index (χ4n) is 5.12. The van der Waals surface area contributed by atoms with Crippen LogP contribution >= 0.6 is 0 Å². The number of hydrogen-bond donors (Lipinski definition) is 1. The number of ether oxygens (including phenoxy) is 6.